The maximum Gasteiger partial charge on any atom is 0.142 e. The van der Waals surface area contributed by atoms with E-state index in [-0.39, 0.29) is 0 Å². The van der Waals surface area contributed by atoms with Gasteiger partial charge in [0.2, 0.25) is 0 Å². The molecule has 4 rings (SSSR count). The van der Waals surface area contributed by atoms with E-state index in [1.807, 2.05) is 18.2 Å². The second kappa shape index (κ2) is 5.53. The number of aromatic nitrogens is 2. The van der Waals surface area contributed by atoms with Crippen molar-refractivity contribution in [1.29, 1.82) is 0 Å². The minimum atomic E-state index is 0.755. The minimum absolute atomic E-state index is 0.755. The minimum Gasteiger partial charge on any atom is -0.497 e. The molecular formula is C19H19N3O2. The number of hydrogen-bond donors (Lipinski definition) is 3. The second-order valence-corrected chi connectivity index (χ2v) is 5.79. The van der Waals surface area contributed by atoms with Crippen LogP contribution < -0.4 is 14.8 Å². The van der Waals surface area contributed by atoms with Crippen LogP contribution >= 0.6 is 0 Å². The SMILES string of the molecule is COc1ccc(OC)c(Nc2[nH][nH]c3c4cccc(C)c4cc2-3)c1. The summed E-state index contributed by atoms with van der Waals surface area (Å²) in [5.41, 5.74) is 4.32. The van der Waals surface area contributed by atoms with Gasteiger partial charge in [0.25, 0.3) is 0 Å². The van der Waals surface area contributed by atoms with Gasteiger partial charge >= 0.3 is 0 Å². The van der Waals surface area contributed by atoms with Gasteiger partial charge in [-0.2, -0.15) is 0 Å². The van der Waals surface area contributed by atoms with E-state index in [1.54, 1.807) is 14.2 Å². The average molecular weight is 321 g/mol. The highest BCUT2D eigenvalue weighted by molar-refractivity contribution is 6.05. The molecule has 1 heterocycles. The Morgan fingerprint density at radius 3 is 2.58 bits per heavy atom. The molecule has 3 N–H and O–H groups in total. The number of benzene rings is 2. The van der Waals surface area contributed by atoms with Crippen LogP contribution in [0.15, 0.2) is 42.5 Å². The van der Waals surface area contributed by atoms with Gasteiger partial charge in [-0.25, -0.2) is 0 Å². The molecule has 122 valence electrons. The molecule has 1 aliphatic heterocycles. The van der Waals surface area contributed by atoms with Gasteiger partial charge in [0, 0.05) is 17.0 Å². The molecular weight excluding hydrogens is 302 g/mol. The van der Waals surface area contributed by atoms with E-state index in [9.17, 15) is 0 Å². The van der Waals surface area contributed by atoms with E-state index >= 15 is 0 Å². The number of aryl methyl sites for hydroxylation is 1. The highest BCUT2D eigenvalue weighted by Crippen LogP contribution is 2.40. The first-order chi connectivity index (χ1) is 11.7. The Morgan fingerprint density at radius 2 is 1.79 bits per heavy atom. The van der Waals surface area contributed by atoms with Gasteiger partial charge in [-0.1, -0.05) is 18.2 Å². The normalized spacial score (nSPS) is 11.1. The summed E-state index contributed by atoms with van der Waals surface area (Å²) < 4.78 is 10.8. The molecule has 2 aromatic rings. The zero-order chi connectivity index (χ0) is 16.7. The van der Waals surface area contributed by atoms with E-state index in [1.165, 1.54) is 16.3 Å². The number of hydrogen-bond acceptors (Lipinski definition) is 3. The molecule has 24 heavy (non-hydrogen) atoms. The fourth-order valence-corrected chi connectivity index (χ4v) is 3.12. The first-order valence-electron chi connectivity index (χ1n) is 7.78. The Kier molecular flexibility index (Phi) is 3.34. The van der Waals surface area contributed by atoms with Crippen molar-refractivity contribution in [2.45, 2.75) is 6.92 Å². The molecule has 0 saturated carbocycles. The zero-order valence-electron chi connectivity index (χ0n) is 13.9. The molecule has 0 radical (unpaired) electrons. The van der Waals surface area contributed by atoms with E-state index in [0.717, 1.165) is 34.3 Å². The zero-order valence-corrected chi connectivity index (χ0v) is 13.9. The van der Waals surface area contributed by atoms with E-state index in [2.05, 4.69) is 46.7 Å². The molecule has 0 fully saturated rings. The van der Waals surface area contributed by atoms with E-state index in [4.69, 9.17) is 9.47 Å². The van der Waals surface area contributed by atoms with E-state index in [0.29, 0.717) is 0 Å². The van der Waals surface area contributed by atoms with Crippen molar-refractivity contribution in [3.05, 3.63) is 48.0 Å². The lowest BCUT2D eigenvalue weighted by Gasteiger charge is -2.11. The van der Waals surface area contributed by atoms with Crippen molar-refractivity contribution in [1.82, 2.24) is 10.2 Å². The summed E-state index contributed by atoms with van der Waals surface area (Å²) in [5.74, 6) is 2.42. The molecule has 1 aliphatic carbocycles. The molecule has 0 unspecified atom stereocenters. The topological polar surface area (TPSA) is 62.1 Å². The van der Waals surface area contributed by atoms with Crippen LogP contribution in [0.5, 0.6) is 11.5 Å². The smallest absolute Gasteiger partial charge is 0.142 e. The molecule has 2 aromatic carbocycles. The van der Waals surface area contributed by atoms with Gasteiger partial charge in [-0.05, 0) is 36.1 Å². The monoisotopic (exact) mass is 321 g/mol. The Hall–Kier alpha value is -3.08. The third-order valence-electron chi connectivity index (χ3n) is 4.40. The number of aromatic amines is 2. The lowest BCUT2D eigenvalue weighted by atomic mass is 10.1. The number of rotatable bonds is 4. The second-order valence-electron chi connectivity index (χ2n) is 5.79. The Bertz CT molecular complexity index is 984. The fraction of sp³-hybridized carbons (Fsp3) is 0.158. The van der Waals surface area contributed by atoms with Gasteiger partial charge in [-0.15, -0.1) is 0 Å². The fourth-order valence-electron chi connectivity index (χ4n) is 3.12. The molecule has 0 bridgehead atoms. The predicted octanol–water partition coefficient (Wildman–Crippen LogP) is 4.67. The highest BCUT2D eigenvalue weighted by Gasteiger charge is 2.18. The number of nitrogens with one attached hydrogen (secondary N) is 3. The van der Waals surface area contributed by atoms with Crippen molar-refractivity contribution >= 4 is 22.3 Å². The number of fused-ring (bicyclic) bond motifs is 3. The van der Waals surface area contributed by atoms with Crippen molar-refractivity contribution in [2.24, 2.45) is 0 Å². The molecule has 2 aliphatic rings. The molecule has 5 nitrogen and oxygen atoms in total. The lowest BCUT2D eigenvalue weighted by Crippen LogP contribution is -1.96. The van der Waals surface area contributed by atoms with Crippen LogP contribution in [0.3, 0.4) is 0 Å². The van der Waals surface area contributed by atoms with Gasteiger partial charge in [0.1, 0.15) is 17.3 Å². The molecule has 5 heteroatoms. The van der Waals surface area contributed by atoms with Crippen molar-refractivity contribution in [3.63, 3.8) is 0 Å². The molecule has 0 amide bonds. The number of H-pyrrole nitrogens is 2. The van der Waals surface area contributed by atoms with Crippen LogP contribution in [0, 0.1) is 6.92 Å². The Labute approximate surface area is 139 Å². The van der Waals surface area contributed by atoms with Crippen LogP contribution in [-0.2, 0) is 0 Å². The van der Waals surface area contributed by atoms with E-state index < -0.39 is 0 Å². The van der Waals surface area contributed by atoms with Crippen LogP contribution in [0.4, 0.5) is 11.5 Å². The molecule has 0 saturated heterocycles. The first-order valence-corrected chi connectivity index (χ1v) is 7.78. The third-order valence-corrected chi connectivity index (χ3v) is 4.40. The van der Waals surface area contributed by atoms with Crippen LogP contribution in [-0.4, -0.2) is 24.4 Å². The number of anilines is 2. The quantitative estimate of drug-likeness (QED) is 0.512. The summed E-state index contributed by atoms with van der Waals surface area (Å²) in [7, 11) is 3.31. The largest absolute Gasteiger partial charge is 0.497 e. The third kappa shape index (κ3) is 2.17. The van der Waals surface area contributed by atoms with Crippen LogP contribution in [0.2, 0.25) is 0 Å². The maximum atomic E-state index is 5.44. The van der Waals surface area contributed by atoms with Crippen molar-refractivity contribution in [3.8, 4) is 22.8 Å². The predicted molar refractivity (Wildman–Crippen MR) is 96.8 cm³/mol. The lowest BCUT2D eigenvalue weighted by molar-refractivity contribution is 0.405. The van der Waals surface area contributed by atoms with Crippen LogP contribution in [0.1, 0.15) is 5.56 Å². The van der Waals surface area contributed by atoms with Gasteiger partial charge in [0.15, 0.2) is 0 Å². The van der Waals surface area contributed by atoms with Crippen molar-refractivity contribution < 1.29 is 9.47 Å². The summed E-state index contributed by atoms with van der Waals surface area (Å²) in [6, 6.07) is 14.2. The van der Waals surface area contributed by atoms with Crippen molar-refractivity contribution in [2.75, 3.05) is 19.5 Å². The summed E-state index contributed by atoms with van der Waals surface area (Å²) in [6.07, 6.45) is 0. The number of methoxy groups -OCH3 is 2. The molecule has 0 spiro atoms. The highest BCUT2D eigenvalue weighted by atomic mass is 16.5. The van der Waals surface area contributed by atoms with Gasteiger partial charge in [-0.3, -0.25) is 10.2 Å². The maximum absolute atomic E-state index is 5.44. The van der Waals surface area contributed by atoms with Gasteiger partial charge < -0.3 is 14.8 Å². The molecule has 0 aromatic heterocycles. The Morgan fingerprint density at radius 1 is 0.917 bits per heavy atom. The van der Waals surface area contributed by atoms with Crippen LogP contribution in [0.25, 0.3) is 22.0 Å². The summed E-state index contributed by atoms with van der Waals surface area (Å²) in [6.45, 7) is 2.13. The van der Waals surface area contributed by atoms with Gasteiger partial charge in [0.05, 0.1) is 25.6 Å². The first kappa shape index (κ1) is 14.5. The average Bonchev–Trinajstić information content (AvgIpc) is 3.16. The summed E-state index contributed by atoms with van der Waals surface area (Å²) >= 11 is 0. The number of ether oxygens (including phenoxy) is 2. The standard InChI is InChI=1S/C19H19N3O2/c1-11-5-4-6-13-14(11)10-15-18(13)21-22-19(15)20-16-9-12(23-2)7-8-17(16)24-3/h4-10,20-22H,1-3H3. The molecule has 0 atom stereocenters. The Balaban J connectivity index is 1.79. The summed E-state index contributed by atoms with van der Waals surface area (Å²) in [5, 5.41) is 12.4. The summed E-state index contributed by atoms with van der Waals surface area (Å²) in [4.78, 5) is 0.